The van der Waals surface area contributed by atoms with Gasteiger partial charge in [0, 0.05) is 16.1 Å². The van der Waals surface area contributed by atoms with Gasteiger partial charge in [-0.25, -0.2) is 4.98 Å². The Bertz CT molecular complexity index is 800. The van der Waals surface area contributed by atoms with Crippen LogP contribution in [0.2, 0.25) is 5.02 Å². The smallest absolute Gasteiger partial charge is 0.256 e. The fourth-order valence-corrected chi connectivity index (χ4v) is 2.87. The average Bonchev–Trinajstić information content (AvgIpc) is 2.89. The van der Waals surface area contributed by atoms with Crippen molar-refractivity contribution < 1.29 is 4.79 Å². The molecule has 0 radical (unpaired) electrons. The summed E-state index contributed by atoms with van der Waals surface area (Å²) >= 11 is 7.13. The van der Waals surface area contributed by atoms with Gasteiger partial charge in [0.2, 0.25) is 0 Å². The summed E-state index contributed by atoms with van der Waals surface area (Å²) in [7, 11) is 0. The van der Waals surface area contributed by atoms with Crippen molar-refractivity contribution in [1.82, 2.24) is 4.98 Å². The molecule has 1 aromatic heterocycles. The van der Waals surface area contributed by atoms with E-state index in [1.165, 1.54) is 11.3 Å². The molecule has 3 N–H and O–H groups in total. The fraction of sp³-hybridized carbons (Fsp3) is 0. The van der Waals surface area contributed by atoms with Crippen LogP contribution in [-0.4, -0.2) is 10.9 Å². The van der Waals surface area contributed by atoms with Gasteiger partial charge in [-0.3, -0.25) is 4.79 Å². The second-order valence-corrected chi connectivity index (χ2v) is 6.02. The summed E-state index contributed by atoms with van der Waals surface area (Å²) < 4.78 is 0. The molecule has 4 nitrogen and oxygen atoms in total. The molecule has 0 bridgehead atoms. The number of amides is 1. The number of carbonyl (C=O) groups excluding carboxylic acids is 1. The van der Waals surface area contributed by atoms with E-state index in [1.54, 1.807) is 24.3 Å². The number of nitrogen functional groups attached to an aromatic ring is 1. The fourth-order valence-electron chi connectivity index (χ4n) is 1.99. The van der Waals surface area contributed by atoms with Crippen LogP contribution in [0, 0.1) is 0 Å². The lowest BCUT2D eigenvalue weighted by atomic mass is 10.1. The highest BCUT2D eigenvalue weighted by Crippen LogP contribution is 2.35. The molecule has 0 aliphatic carbocycles. The summed E-state index contributed by atoms with van der Waals surface area (Å²) in [5.74, 6) is -0.195. The minimum absolute atomic E-state index is 0.195. The molecule has 3 rings (SSSR count). The van der Waals surface area contributed by atoms with E-state index in [0.29, 0.717) is 26.4 Å². The number of hydrogen-bond acceptors (Lipinski definition) is 4. The second-order valence-electron chi connectivity index (χ2n) is 4.56. The van der Waals surface area contributed by atoms with Crippen molar-refractivity contribution >= 4 is 39.0 Å². The van der Waals surface area contributed by atoms with E-state index in [2.05, 4.69) is 10.3 Å². The number of nitrogens with two attached hydrogens (primary N) is 1. The number of benzene rings is 2. The van der Waals surface area contributed by atoms with Crippen LogP contribution in [0.4, 0.5) is 10.1 Å². The Labute approximate surface area is 136 Å². The molecule has 1 amide bonds. The van der Waals surface area contributed by atoms with E-state index in [9.17, 15) is 4.79 Å². The summed E-state index contributed by atoms with van der Waals surface area (Å²) in [5.41, 5.74) is 7.86. The maximum atomic E-state index is 12.3. The van der Waals surface area contributed by atoms with Crippen molar-refractivity contribution in [3.63, 3.8) is 0 Å². The zero-order valence-electron chi connectivity index (χ0n) is 11.4. The Hall–Kier alpha value is -2.37. The van der Waals surface area contributed by atoms with E-state index < -0.39 is 0 Å². The first-order valence-corrected chi connectivity index (χ1v) is 7.71. The lowest BCUT2D eigenvalue weighted by Gasteiger charge is -2.05. The largest absolute Gasteiger partial charge is 0.375 e. The first-order valence-electron chi connectivity index (χ1n) is 6.52. The molecule has 6 heteroatoms. The van der Waals surface area contributed by atoms with Crippen molar-refractivity contribution in [2.45, 2.75) is 0 Å². The van der Waals surface area contributed by atoms with E-state index in [0.717, 1.165) is 5.56 Å². The number of rotatable bonds is 3. The Kier molecular flexibility index (Phi) is 4.09. The molecule has 0 atom stereocenters. The van der Waals surface area contributed by atoms with E-state index in [1.807, 2.05) is 30.3 Å². The predicted octanol–water partition coefficient (Wildman–Crippen LogP) is 4.30. The van der Waals surface area contributed by atoms with Crippen LogP contribution >= 0.6 is 22.9 Å². The third-order valence-corrected chi connectivity index (χ3v) is 4.08. The lowest BCUT2D eigenvalue weighted by Crippen LogP contribution is -2.11. The maximum absolute atomic E-state index is 12.3. The number of hydrogen-bond donors (Lipinski definition) is 2. The van der Waals surface area contributed by atoms with E-state index >= 15 is 0 Å². The summed E-state index contributed by atoms with van der Waals surface area (Å²) in [5, 5.41) is 4.52. The van der Waals surface area contributed by atoms with Gasteiger partial charge in [0.05, 0.1) is 0 Å². The third kappa shape index (κ3) is 3.10. The van der Waals surface area contributed by atoms with Gasteiger partial charge in [0.25, 0.3) is 5.91 Å². The van der Waals surface area contributed by atoms with Gasteiger partial charge in [-0.15, -0.1) is 0 Å². The summed E-state index contributed by atoms with van der Waals surface area (Å²) in [6.07, 6.45) is 0. The summed E-state index contributed by atoms with van der Waals surface area (Å²) in [4.78, 5) is 16.6. The molecule has 0 unspecified atom stereocenters. The second kappa shape index (κ2) is 6.17. The van der Waals surface area contributed by atoms with Crippen molar-refractivity contribution in [1.29, 1.82) is 0 Å². The molecule has 110 valence electrons. The first-order chi connectivity index (χ1) is 10.6. The van der Waals surface area contributed by atoms with Crippen molar-refractivity contribution in [3.8, 4) is 11.3 Å². The van der Waals surface area contributed by atoms with Crippen LogP contribution in [0.3, 0.4) is 0 Å². The summed E-state index contributed by atoms with van der Waals surface area (Å²) in [6, 6.07) is 16.2. The van der Waals surface area contributed by atoms with Gasteiger partial charge in [0.15, 0.2) is 5.13 Å². The molecule has 0 aliphatic heterocycles. The minimum Gasteiger partial charge on any atom is -0.375 e. The number of aromatic nitrogens is 1. The highest BCUT2D eigenvalue weighted by molar-refractivity contribution is 7.20. The van der Waals surface area contributed by atoms with Crippen LogP contribution < -0.4 is 11.1 Å². The van der Waals surface area contributed by atoms with Gasteiger partial charge >= 0.3 is 0 Å². The Morgan fingerprint density at radius 3 is 2.45 bits per heavy atom. The van der Waals surface area contributed by atoms with Gasteiger partial charge in [-0.1, -0.05) is 53.3 Å². The molecule has 3 aromatic rings. The number of nitrogens with zero attached hydrogens (tertiary/aromatic N) is 1. The van der Waals surface area contributed by atoms with Crippen molar-refractivity contribution in [2.75, 3.05) is 11.1 Å². The number of thiazole rings is 1. The molecular formula is C16H12ClN3OS. The quantitative estimate of drug-likeness (QED) is 0.752. The molecule has 0 spiro atoms. The van der Waals surface area contributed by atoms with Crippen molar-refractivity contribution in [2.24, 2.45) is 0 Å². The minimum atomic E-state index is -0.195. The van der Waals surface area contributed by atoms with Crippen molar-refractivity contribution in [3.05, 3.63) is 65.2 Å². The number of anilines is 2. The Morgan fingerprint density at radius 2 is 1.77 bits per heavy atom. The molecule has 0 aliphatic rings. The van der Waals surface area contributed by atoms with Crippen LogP contribution in [0.25, 0.3) is 11.3 Å². The topological polar surface area (TPSA) is 68.0 Å². The summed E-state index contributed by atoms with van der Waals surface area (Å²) in [6.45, 7) is 0. The standard InChI is InChI=1S/C16H12ClN3OS/c17-12-8-6-10(7-9-12)13-15(22-16(18)19-13)20-14(21)11-4-2-1-3-5-11/h1-9H,(H2,18,19)(H,20,21). The number of halogens is 1. The van der Waals surface area contributed by atoms with Gasteiger partial charge < -0.3 is 11.1 Å². The van der Waals surface area contributed by atoms with Crippen LogP contribution in [-0.2, 0) is 0 Å². The number of carbonyl (C=O) groups is 1. The van der Waals surface area contributed by atoms with Crippen LogP contribution in [0.15, 0.2) is 54.6 Å². The Balaban J connectivity index is 1.92. The number of nitrogens with one attached hydrogen (secondary N) is 1. The van der Waals surface area contributed by atoms with E-state index in [4.69, 9.17) is 17.3 Å². The molecular weight excluding hydrogens is 318 g/mol. The molecule has 2 aromatic carbocycles. The Morgan fingerprint density at radius 1 is 1.09 bits per heavy atom. The molecule has 0 fully saturated rings. The normalized spacial score (nSPS) is 10.4. The lowest BCUT2D eigenvalue weighted by molar-refractivity contribution is 0.102. The molecule has 22 heavy (non-hydrogen) atoms. The highest BCUT2D eigenvalue weighted by atomic mass is 35.5. The van der Waals surface area contributed by atoms with Gasteiger partial charge in [0.1, 0.15) is 10.7 Å². The molecule has 0 saturated carbocycles. The van der Waals surface area contributed by atoms with Gasteiger partial charge in [-0.05, 0) is 24.3 Å². The predicted molar refractivity (Wildman–Crippen MR) is 91.4 cm³/mol. The third-order valence-electron chi connectivity index (χ3n) is 3.02. The average molecular weight is 330 g/mol. The monoisotopic (exact) mass is 329 g/mol. The van der Waals surface area contributed by atoms with E-state index in [-0.39, 0.29) is 5.91 Å². The van der Waals surface area contributed by atoms with Crippen LogP contribution in [0.1, 0.15) is 10.4 Å². The molecule has 0 saturated heterocycles. The SMILES string of the molecule is Nc1nc(-c2ccc(Cl)cc2)c(NC(=O)c2ccccc2)s1. The first kappa shape index (κ1) is 14.6. The molecule has 1 heterocycles. The van der Waals surface area contributed by atoms with Gasteiger partial charge in [-0.2, -0.15) is 0 Å². The zero-order valence-corrected chi connectivity index (χ0v) is 13.0. The maximum Gasteiger partial charge on any atom is 0.256 e. The highest BCUT2D eigenvalue weighted by Gasteiger charge is 2.15. The zero-order chi connectivity index (χ0) is 15.5. The van der Waals surface area contributed by atoms with Crippen LogP contribution in [0.5, 0.6) is 0 Å².